The van der Waals surface area contributed by atoms with Crippen LogP contribution in [0.15, 0.2) is 36.4 Å². The number of ether oxygens (including phenoxy) is 1. The molecule has 21 heavy (non-hydrogen) atoms. The fourth-order valence-corrected chi connectivity index (χ4v) is 2.43. The molecular formula is C18H24O3. The SMILES string of the molecule is CC/C=C/c1cccc(/C=C/C[C@H]2OC[C@@H](O)C[C@@H]2O)c1. The molecule has 2 N–H and O–H groups in total. The Hall–Kier alpha value is -1.42. The Labute approximate surface area is 126 Å². The molecule has 114 valence electrons. The number of allylic oxidation sites excluding steroid dienone is 1. The highest BCUT2D eigenvalue weighted by Crippen LogP contribution is 2.18. The monoisotopic (exact) mass is 288 g/mol. The molecule has 3 atom stereocenters. The van der Waals surface area contributed by atoms with Gasteiger partial charge in [0.25, 0.3) is 0 Å². The van der Waals surface area contributed by atoms with Crippen LogP contribution in [0.25, 0.3) is 12.2 Å². The van der Waals surface area contributed by atoms with E-state index < -0.39 is 12.2 Å². The Morgan fingerprint density at radius 3 is 2.57 bits per heavy atom. The minimum atomic E-state index is -0.586. The van der Waals surface area contributed by atoms with Gasteiger partial charge >= 0.3 is 0 Å². The van der Waals surface area contributed by atoms with Gasteiger partial charge in [0.05, 0.1) is 24.9 Å². The zero-order valence-electron chi connectivity index (χ0n) is 12.5. The molecule has 0 radical (unpaired) electrons. The Balaban J connectivity index is 1.90. The number of aliphatic hydroxyl groups is 2. The Morgan fingerprint density at radius 1 is 1.19 bits per heavy atom. The molecule has 1 heterocycles. The maximum Gasteiger partial charge on any atom is 0.0870 e. The first-order valence-corrected chi connectivity index (χ1v) is 7.60. The van der Waals surface area contributed by atoms with Crippen LogP contribution >= 0.6 is 0 Å². The van der Waals surface area contributed by atoms with Crippen molar-refractivity contribution < 1.29 is 14.9 Å². The fourth-order valence-electron chi connectivity index (χ4n) is 2.43. The lowest BCUT2D eigenvalue weighted by molar-refractivity contribution is -0.121. The Kier molecular flexibility index (Phi) is 6.18. The summed E-state index contributed by atoms with van der Waals surface area (Å²) in [4.78, 5) is 0. The fraction of sp³-hybridized carbons (Fsp3) is 0.444. The topological polar surface area (TPSA) is 49.7 Å². The predicted octanol–water partition coefficient (Wildman–Crippen LogP) is 3.02. The van der Waals surface area contributed by atoms with Crippen molar-refractivity contribution in [1.29, 1.82) is 0 Å². The highest BCUT2D eigenvalue weighted by molar-refractivity contribution is 5.57. The van der Waals surface area contributed by atoms with E-state index in [1.54, 1.807) is 0 Å². The molecule has 0 saturated carbocycles. The minimum absolute atomic E-state index is 0.215. The molecule has 0 aromatic heterocycles. The van der Waals surface area contributed by atoms with Gasteiger partial charge in [-0.2, -0.15) is 0 Å². The smallest absolute Gasteiger partial charge is 0.0870 e. The number of hydrogen-bond donors (Lipinski definition) is 2. The highest BCUT2D eigenvalue weighted by Gasteiger charge is 2.27. The lowest BCUT2D eigenvalue weighted by Gasteiger charge is -2.30. The van der Waals surface area contributed by atoms with E-state index in [0.717, 1.165) is 12.0 Å². The van der Waals surface area contributed by atoms with Gasteiger partial charge in [-0.05, 0) is 30.0 Å². The van der Waals surface area contributed by atoms with Gasteiger partial charge in [-0.1, -0.05) is 49.4 Å². The van der Waals surface area contributed by atoms with Gasteiger partial charge in [-0.3, -0.25) is 0 Å². The lowest BCUT2D eigenvalue weighted by atomic mass is 10.0. The number of aliphatic hydroxyl groups excluding tert-OH is 2. The summed E-state index contributed by atoms with van der Waals surface area (Å²) in [5.74, 6) is 0. The largest absolute Gasteiger partial charge is 0.391 e. The van der Waals surface area contributed by atoms with Crippen molar-refractivity contribution in [2.45, 2.75) is 44.5 Å². The number of benzene rings is 1. The van der Waals surface area contributed by atoms with Crippen LogP contribution in [0.4, 0.5) is 0 Å². The second kappa shape index (κ2) is 8.13. The third-order valence-electron chi connectivity index (χ3n) is 3.58. The van der Waals surface area contributed by atoms with Gasteiger partial charge in [-0.15, -0.1) is 0 Å². The van der Waals surface area contributed by atoms with E-state index in [0.29, 0.717) is 19.4 Å². The lowest BCUT2D eigenvalue weighted by Crippen LogP contribution is -2.40. The molecule has 1 aromatic carbocycles. The Morgan fingerprint density at radius 2 is 1.90 bits per heavy atom. The number of hydrogen-bond acceptors (Lipinski definition) is 3. The molecule has 0 amide bonds. The van der Waals surface area contributed by atoms with Crippen LogP contribution in [0.2, 0.25) is 0 Å². The summed E-state index contributed by atoms with van der Waals surface area (Å²) in [6, 6.07) is 8.31. The van der Waals surface area contributed by atoms with Crippen molar-refractivity contribution in [1.82, 2.24) is 0 Å². The molecule has 1 aromatic rings. The highest BCUT2D eigenvalue weighted by atomic mass is 16.5. The molecule has 1 fully saturated rings. The van der Waals surface area contributed by atoms with Crippen molar-refractivity contribution >= 4 is 12.2 Å². The molecule has 2 rings (SSSR count). The van der Waals surface area contributed by atoms with Crippen LogP contribution in [0, 0.1) is 0 Å². The average molecular weight is 288 g/mol. The molecule has 1 saturated heterocycles. The second-order valence-corrected chi connectivity index (χ2v) is 5.45. The maximum absolute atomic E-state index is 9.85. The standard InChI is InChI=1S/C18H24O3/c1-2-3-6-14-7-4-8-15(11-14)9-5-10-18-17(20)12-16(19)13-21-18/h3-9,11,16-20H,2,10,12-13H2,1H3/b6-3+,9-5+/t16-,17-,18+/m0/s1. The summed E-state index contributed by atoms with van der Waals surface area (Å²) >= 11 is 0. The van der Waals surface area contributed by atoms with E-state index in [1.807, 2.05) is 18.2 Å². The quantitative estimate of drug-likeness (QED) is 0.875. The Bertz CT molecular complexity index is 493. The molecule has 1 aliphatic heterocycles. The summed E-state index contributed by atoms with van der Waals surface area (Å²) in [5, 5.41) is 19.2. The predicted molar refractivity (Wildman–Crippen MR) is 85.8 cm³/mol. The molecule has 3 heteroatoms. The molecule has 0 aliphatic carbocycles. The molecule has 0 spiro atoms. The van der Waals surface area contributed by atoms with Crippen LogP contribution in [0.5, 0.6) is 0 Å². The third-order valence-corrected chi connectivity index (χ3v) is 3.58. The van der Waals surface area contributed by atoms with Gasteiger partial charge in [0, 0.05) is 6.42 Å². The van der Waals surface area contributed by atoms with Crippen LogP contribution in [0.1, 0.15) is 37.3 Å². The molecule has 3 nitrogen and oxygen atoms in total. The van der Waals surface area contributed by atoms with Crippen molar-refractivity contribution in [3.8, 4) is 0 Å². The van der Waals surface area contributed by atoms with Crippen LogP contribution in [0.3, 0.4) is 0 Å². The first-order chi connectivity index (χ1) is 10.2. The minimum Gasteiger partial charge on any atom is -0.391 e. The van der Waals surface area contributed by atoms with E-state index in [-0.39, 0.29) is 6.10 Å². The third kappa shape index (κ3) is 5.12. The normalized spacial score (nSPS) is 26.7. The molecule has 0 bridgehead atoms. The van der Waals surface area contributed by atoms with Crippen molar-refractivity contribution in [2.24, 2.45) is 0 Å². The second-order valence-electron chi connectivity index (χ2n) is 5.45. The first kappa shape index (κ1) is 16.0. The first-order valence-electron chi connectivity index (χ1n) is 7.60. The zero-order valence-corrected chi connectivity index (χ0v) is 12.5. The summed E-state index contributed by atoms with van der Waals surface area (Å²) in [7, 11) is 0. The van der Waals surface area contributed by atoms with E-state index in [2.05, 4.69) is 37.3 Å². The summed E-state index contributed by atoms with van der Waals surface area (Å²) < 4.78 is 5.45. The van der Waals surface area contributed by atoms with Gasteiger partial charge in [0.2, 0.25) is 0 Å². The summed E-state index contributed by atoms with van der Waals surface area (Å²) in [6.07, 6.45) is 9.07. The van der Waals surface area contributed by atoms with Gasteiger partial charge in [-0.25, -0.2) is 0 Å². The molecule has 1 aliphatic rings. The van der Waals surface area contributed by atoms with Gasteiger partial charge in [0.1, 0.15) is 0 Å². The average Bonchev–Trinajstić information content (AvgIpc) is 2.48. The molecular weight excluding hydrogens is 264 g/mol. The van der Waals surface area contributed by atoms with E-state index >= 15 is 0 Å². The molecule has 0 unspecified atom stereocenters. The van der Waals surface area contributed by atoms with E-state index in [1.165, 1.54) is 5.56 Å². The van der Waals surface area contributed by atoms with Crippen molar-refractivity contribution in [3.63, 3.8) is 0 Å². The van der Waals surface area contributed by atoms with Crippen LogP contribution in [-0.4, -0.2) is 35.1 Å². The summed E-state index contributed by atoms with van der Waals surface area (Å²) in [6.45, 7) is 2.43. The van der Waals surface area contributed by atoms with Crippen LogP contribution in [-0.2, 0) is 4.74 Å². The van der Waals surface area contributed by atoms with Crippen molar-refractivity contribution in [3.05, 3.63) is 47.5 Å². The van der Waals surface area contributed by atoms with Gasteiger partial charge < -0.3 is 14.9 Å². The summed E-state index contributed by atoms with van der Waals surface area (Å²) in [5.41, 5.74) is 2.33. The maximum atomic E-state index is 9.85. The van der Waals surface area contributed by atoms with E-state index in [9.17, 15) is 10.2 Å². The van der Waals surface area contributed by atoms with Crippen molar-refractivity contribution in [2.75, 3.05) is 6.61 Å². The van der Waals surface area contributed by atoms with Crippen LogP contribution < -0.4 is 0 Å². The zero-order chi connectivity index (χ0) is 15.1. The number of rotatable bonds is 5. The van der Waals surface area contributed by atoms with E-state index in [4.69, 9.17) is 4.74 Å². The van der Waals surface area contributed by atoms with Gasteiger partial charge in [0.15, 0.2) is 0 Å².